The molecule has 1 fully saturated rings. The maximum absolute atomic E-state index is 13.0. The molecule has 1 aliphatic rings. The van der Waals surface area contributed by atoms with Gasteiger partial charge in [0, 0.05) is 6.42 Å². The molecular weight excluding hydrogens is 779 g/mol. The van der Waals surface area contributed by atoms with Gasteiger partial charge in [-0.1, -0.05) is 210 Å². The summed E-state index contributed by atoms with van der Waals surface area (Å²) in [6.07, 6.45) is 48.8. The van der Waals surface area contributed by atoms with E-state index < -0.39 is 49.5 Å². The summed E-state index contributed by atoms with van der Waals surface area (Å²) >= 11 is 0. The van der Waals surface area contributed by atoms with Crippen LogP contribution in [-0.2, 0) is 14.3 Å². The van der Waals surface area contributed by atoms with Crippen LogP contribution >= 0.6 is 0 Å². The third kappa shape index (κ3) is 32.8. The Morgan fingerprint density at radius 1 is 0.565 bits per heavy atom. The van der Waals surface area contributed by atoms with E-state index in [0.29, 0.717) is 6.42 Å². The van der Waals surface area contributed by atoms with Crippen molar-refractivity contribution < 1.29 is 39.8 Å². The lowest BCUT2D eigenvalue weighted by Gasteiger charge is -2.40. The number of ether oxygens (including phenoxy) is 2. The number of unbranched alkanes of at least 4 members (excludes halogenated alkanes) is 27. The van der Waals surface area contributed by atoms with Crippen LogP contribution in [0.25, 0.3) is 0 Å². The zero-order chi connectivity index (χ0) is 45.1. The number of hydrogen-bond donors (Lipinski definition) is 6. The van der Waals surface area contributed by atoms with Crippen LogP contribution in [0.5, 0.6) is 0 Å². The molecule has 0 aromatic heterocycles. The molecule has 362 valence electrons. The van der Waals surface area contributed by atoms with Gasteiger partial charge in [-0.2, -0.15) is 0 Å². The molecule has 9 nitrogen and oxygen atoms in total. The molecule has 1 amide bonds. The Kier molecular flexibility index (Phi) is 40.4. The maximum atomic E-state index is 13.0. The Morgan fingerprint density at radius 3 is 1.53 bits per heavy atom. The molecule has 62 heavy (non-hydrogen) atoms. The molecule has 6 N–H and O–H groups in total. The molecule has 7 unspecified atom stereocenters. The van der Waals surface area contributed by atoms with Crippen molar-refractivity contribution in [2.24, 2.45) is 0 Å². The molecule has 0 aromatic carbocycles. The molecule has 0 saturated carbocycles. The number of amides is 1. The molecule has 9 heteroatoms. The van der Waals surface area contributed by atoms with Gasteiger partial charge in [-0.05, 0) is 57.8 Å². The van der Waals surface area contributed by atoms with E-state index in [-0.39, 0.29) is 12.5 Å². The molecule has 0 radical (unpaired) electrons. The Balaban J connectivity index is 2.30. The largest absolute Gasteiger partial charge is 0.394 e. The fourth-order valence-corrected chi connectivity index (χ4v) is 8.03. The predicted octanol–water partition coefficient (Wildman–Crippen LogP) is 11.8. The number of rotatable bonds is 43. The van der Waals surface area contributed by atoms with E-state index >= 15 is 0 Å². The highest BCUT2D eigenvalue weighted by atomic mass is 16.7. The first-order chi connectivity index (χ1) is 30.3. The normalized spacial score (nSPS) is 20.7. The Labute approximate surface area is 380 Å². The van der Waals surface area contributed by atoms with Crippen molar-refractivity contribution in [3.8, 4) is 0 Å². The topological polar surface area (TPSA) is 149 Å². The van der Waals surface area contributed by atoms with Crippen LogP contribution < -0.4 is 5.32 Å². The van der Waals surface area contributed by atoms with E-state index in [1.807, 2.05) is 6.08 Å². The van der Waals surface area contributed by atoms with Crippen LogP contribution in [0, 0.1) is 0 Å². The monoisotopic (exact) mass is 876 g/mol. The van der Waals surface area contributed by atoms with Crippen molar-refractivity contribution in [3.63, 3.8) is 0 Å². The smallest absolute Gasteiger partial charge is 0.220 e. The van der Waals surface area contributed by atoms with Crippen molar-refractivity contribution in [2.75, 3.05) is 13.2 Å². The van der Waals surface area contributed by atoms with E-state index in [0.717, 1.165) is 51.4 Å². The lowest BCUT2D eigenvalue weighted by molar-refractivity contribution is -0.302. The van der Waals surface area contributed by atoms with Gasteiger partial charge in [-0.15, -0.1) is 0 Å². The zero-order valence-corrected chi connectivity index (χ0v) is 39.9. The molecule has 1 heterocycles. The van der Waals surface area contributed by atoms with Gasteiger partial charge in [0.15, 0.2) is 6.29 Å². The third-order valence-electron chi connectivity index (χ3n) is 12.1. The van der Waals surface area contributed by atoms with E-state index in [2.05, 4.69) is 55.6 Å². The van der Waals surface area contributed by atoms with Gasteiger partial charge < -0.3 is 40.3 Å². The number of allylic oxidation sites excluding steroid dienone is 7. The fraction of sp³-hybridized carbons (Fsp3) is 0.830. The summed E-state index contributed by atoms with van der Waals surface area (Å²) in [5.74, 6) is -0.187. The van der Waals surface area contributed by atoms with Crippen molar-refractivity contribution >= 4 is 5.91 Å². The van der Waals surface area contributed by atoms with Gasteiger partial charge in [0.1, 0.15) is 24.4 Å². The lowest BCUT2D eigenvalue weighted by atomic mass is 9.99. The van der Waals surface area contributed by atoms with E-state index in [4.69, 9.17) is 9.47 Å². The van der Waals surface area contributed by atoms with Crippen LogP contribution in [0.3, 0.4) is 0 Å². The average molecular weight is 876 g/mol. The predicted molar refractivity (Wildman–Crippen MR) is 258 cm³/mol. The zero-order valence-electron chi connectivity index (χ0n) is 39.9. The summed E-state index contributed by atoms with van der Waals surface area (Å²) in [7, 11) is 0. The summed E-state index contributed by atoms with van der Waals surface area (Å²) in [5, 5.41) is 54.3. The number of carbonyl (C=O) groups excluding carboxylic acids is 1. The highest BCUT2D eigenvalue weighted by Crippen LogP contribution is 2.23. The van der Waals surface area contributed by atoms with Crippen LogP contribution in [-0.4, -0.2) is 87.5 Å². The molecule has 1 aliphatic heterocycles. The summed E-state index contributed by atoms with van der Waals surface area (Å²) < 4.78 is 11.2. The fourth-order valence-electron chi connectivity index (χ4n) is 8.03. The standard InChI is InChI=1S/C53H97NO8/c1-3-5-7-9-11-13-15-17-19-21-23-24-25-27-29-31-33-35-37-39-41-43-49(57)54-46(45-61-53-52(60)51(59)50(58)48(44-55)62-53)47(56)42-40-38-36-34-32-30-28-26-22-20-18-16-14-12-10-8-6-4-2/h5,7,11,13,32,34,40,42,46-48,50-53,55-56,58-60H,3-4,6,8-10,12,14-31,33,35-39,41,43-45H2,1-2H3,(H,54,57)/b7-5-,13-11-,34-32+,42-40+. The van der Waals surface area contributed by atoms with Crippen LogP contribution in [0.2, 0.25) is 0 Å². The van der Waals surface area contributed by atoms with Crippen molar-refractivity contribution in [3.05, 3.63) is 48.6 Å². The number of hydrogen-bond acceptors (Lipinski definition) is 8. The maximum Gasteiger partial charge on any atom is 0.220 e. The minimum Gasteiger partial charge on any atom is -0.394 e. The minimum absolute atomic E-state index is 0.187. The Morgan fingerprint density at radius 2 is 1.02 bits per heavy atom. The Bertz CT molecular complexity index is 1110. The number of carbonyl (C=O) groups is 1. The second kappa shape index (κ2) is 43.1. The molecule has 0 aliphatic carbocycles. The van der Waals surface area contributed by atoms with Crippen molar-refractivity contribution in [1.29, 1.82) is 0 Å². The molecule has 0 aromatic rings. The van der Waals surface area contributed by atoms with Gasteiger partial charge in [-0.25, -0.2) is 0 Å². The Hall–Kier alpha value is -1.85. The SMILES string of the molecule is CC/C=C\C/C=C\CCCCCCCCCCCCCCCCC(=O)NC(COC1OC(CO)C(O)C(O)C1O)C(O)/C=C/CC/C=C/CCCCCCCCCCCCCC. The van der Waals surface area contributed by atoms with Gasteiger partial charge in [0.25, 0.3) is 0 Å². The van der Waals surface area contributed by atoms with Gasteiger partial charge >= 0.3 is 0 Å². The van der Waals surface area contributed by atoms with E-state index in [1.54, 1.807) is 6.08 Å². The van der Waals surface area contributed by atoms with Gasteiger partial charge in [-0.3, -0.25) is 4.79 Å². The van der Waals surface area contributed by atoms with Crippen LogP contribution in [0.4, 0.5) is 0 Å². The van der Waals surface area contributed by atoms with E-state index in [9.17, 15) is 30.3 Å². The first kappa shape index (κ1) is 58.2. The number of aliphatic hydroxyl groups is 5. The summed E-state index contributed by atoms with van der Waals surface area (Å²) in [6.45, 7) is 3.67. The summed E-state index contributed by atoms with van der Waals surface area (Å²) in [4.78, 5) is 13.0. The summed E-state index contributed by atoms with van der Waals surface area (Å²) in [6, 6.07) is -0.821. The second-order valence-corrected chi connectivity index (χ2v) is 17.9. The van der Waals surface area contributed by atoms with Gasteiger partial charge in [0.2, 0.25) is 5.91 Å². The summed E-state index contributed by atoms with van der Waals surface area (Å²) in [5.41, 5.74) is 0. The molecular formula is C53H97NO8. The molecule has 0 bridgehead atoms. The highest BCUT2D eigenvalue weighted by Gasteiger charge is 2.44. The first-order valence-corrected chi connectivity index (χ1v) is 25.9. The van der Waals surface area contributed by atoms with Crippen LogP contribution in [0.15, 0.2) is 48.6 Å². The van der Waals surface area contributed by atoms with Gasteiger partial charge in [0.05, 0.1) is 25.4 Å². The molecule has 1 saturated heterocycles. The van der Waals surface area contributed by atoms with E-state index in [1.165, 1.54) is 154 Å². The average Bonchev–Trinajstić information content (AvgIpc) is 3.27. The minimum atomic E-state index is -1.57. The van der Waals surface area contributed by atoms with Crippen molar-refractivity contribution in [1.82, 2.24) is 5.32 Å². The first-order valence-electron chi connectivity index (χ1n) is 25.9. The third-order valence-corrected chi connectivity index (χ3v) is 12.1. The molecule has 0 spiro atoms. The van der Waals surface area contributed by atoms with Crippen LogP contribution in [0.1, 0.15) is 226 Å². The second-order valence-electron chi connectivity index (χ2n) is 17.9. The lowest BCUT2D eigenvalue weighted by Crippen LogP contribution is -2.60. The molecule has 1 rings (SSSR count). The number of nitrogens with one attached hydrogen (secondary N) is 1. The highest BCUT2D eigenvalue weighted by molar-refractivity contribution is 5.76. The number of aliphatic hydroxyl groups excluding tert-OH is 5. The molecule has 7 atom stereocenters. The van der Waals surface area contributed by atoms with Crippen molar-refractivity contribution in [2.45, 2.75) is 269 Å². The quantitative estimate of drug-likeness (QED) is 0.0262.